The van der Waals surface area contributed by atoms with Crippen LogP contribution in [0.15, 0.2) is 109 Å². The minimum atomic E-state index is -0.791. The molecule has 0 aromatic rings. The SMILES string of the molecule is CC/C=C\C/C=C\C/C=C\C/C=C\CCCCCCCCCCCCC(=O)OCC(COC(=O)CCCCCCCCC/C=C\C/C=C\CCCCC)OC(=O)CCCCCCCCCC/C=C\C/C=C\C/C=C\CCCCCCC. The molecule has 0 aromatic heterocycles. The first-order valence-corrected chi connectivity index (χ1v) is 34.4. The van der Waals surface area contributed by atoms with E-state index in [-0.39, 0.29) is 31.1 Å². The smallest absolute Gasteiger partial charge is 0.306 e. The van der Waals surface area contributed by atoms with Gasteiger partial charge in [-0.05, 0) is 128 Å². The summed E-state index contributed by atoms with van der Waals surface area (Å²) < 4.78 is 17.0. The van der Waals surface area contributed by atoms with E-state index >= 15 is 0 Å². The van der Waals surface area contributed by atoms with Crippen LogP contribution in [0.4, 0.5) is 0 Å². The first-order chi connectivity index (χ1) is 40.0. The number of carbonyl (C=O) groups is 3. The Labute approximate surface area is 501 Å². The maximum absolute atomic E-state index is 13.0. The summed E-state index contributed by atoms with van der Waals surface area (Å²) in [5.74, 6) is -0.893. The molecule has 0 aromatic carbocycles. The maximum atomic E-state index is 13.0. The van der Waals surface area contributed by atoms with Crippen molar-refractivity contribution >= 4 is 17.9 Å². The molecule has 0 heterocycles. The fraction of sp³-hybridized carbons (Fsp3) is 0.720. The highest BCUT2D eigenvalue weighted by Gasteiger charge is 2.19. The monoisotopic (exact) mass is 1120 g/mol. The van der Waals surface area contributed by atoms with E-state index in [1.807, 2.05) is 0 Å². The molecule has 0 amide bonds. The normalized spacial score (nSPS) is 12.8. The highest BCUT2D eigenvalue weighted by Crippen LogP contribution is 2.16. The zero-order chi connectivity index (χ0) is 58.5. The Morgan fingerprint density at radius 1 is 0.259 bits per heavy atom. The molecule has 1 atom stereocenters. The number of allylic oxidation sites excluding steroid dienone is 18. The first kappa shape index (κ1) is 77.1. The minimum absolute atomic E-state index is 0.0860. The lowest BCUT2D eigenvalue weighted by Crippen LogP contribution is -2.30. The maximum Gasteiger partial charge on any atom is 0.306 e. The van der Waals surface area contributed by atoms with E-state index in [1.54, 1.807) is 0 Å². The van der Waals surface area contributed by atoms with E-state index in [0.29, 0.717) is 19.3 Å². The summed E-state index contributed by atoms with van der Waals surface area (Å²) in [5.41, 5.74) is 0. The number of rotatable bonds is 62. The van der Waals surface area contributed by atoms with Crippen LogP contribution in [0.3, 0.4) is 0 Å². The molecule has 0 fully saturated rings. The topological polar surface area (TPSA) is 78.9 Å². The van der Waals surface area contributed by atoms with Crippen LogP contribution in [0.5, 0.6) is 0 Å². The summed E-state index contributed by atoms with van der Waals surface area (Å²) in [4.78, 5) is 38.5. The van der Waals surface area contributed by atoms with E-state index in [1.165, 1.54) is 173 Å². The third-order valence-corrected chi connectivity index (χ3v) is 14.7. The molecule has 81 heavy (non-hydrogen) atoms. The van der Waals surface area contributed by atoms with Crippen molar-refractivity contribution in [3.63, 3.8) is 0 Å². The van der Waals surface area contributed by atoms with Gasteiger partial charge in [0.1, 0.15) is 13.2 Å². The predicted molar refractivity (Wildman–Crippen MR) is 353 cm³/mol. The Kier molecular flexibility index (Phi) is 65.2. The second-order valence-corrected chi connectivity index (χ2v) is 22.7. The predicted octanol–water partition coefficient (Wildman–Crippen LogP) is 23.8. The molecule has 1 unspecified atom stereocenters. The van der Waals surface area contributed by atoms with Crippen LogP contribution in [-0.2, 0) is 28.6 Å². The van der Waals surface area contributed by atoms with Gasteiger partial charge in [-0.2, -0.15) is 0 Å². The summed E-state index contributed by atoms with van der Waals surface area (Å²) >= 11 is 0. The molecule has 0 aliphatic carbocycles. The van der Waals surface area contributed by atoms with E-state index in [9.17, 15) is 14.4 Å². The zero-order valence-electron chi connectivity index (χ0n) is 53.3. The third kappa shape index (κ3) is 66.8. The van der Waals surface area contributed by atoms with E-state index in [2.05, 4.69) is 130 Å². The highest BCUT2D eigenvalue weighted by atomic mass is 16.6. The lowest BCUT2D eigenvalue weighted by atomic mass is 10.1. The van der Waals surface area contributed by atoms with Gasteiger partial charge in [-0.1, -0.05) is 291 Å². The molecular weight excluding hydrogens is 997 g/mol. The van der Waals surface area contributed by atoms with Crippen molar-refractivity contribution in [2.24, 2.45) is 0 Å². The lowest BCUT2D eigenvalue weighted by molar-refractivity contribution is -0.167. The van der Waals surface area contributed by atoms with Crippen molar-refractivity contribution < 1.29 is 28.6 Å². The van der Waals surface area contributed by atoms with Gasteiger partial charge in [0.15, 0.2) is 6.10 Å². The van der Waals surface area contributed by atoms with Gasteiger partial charge < -0.3 is 14.2 Å². The number of hydrogen-bond donors (Lipinski definition) is 0. The molecule has 464 valence electrons. The van der Waals surface area contributed by atoms with Crippen molar-refractivity contribution in [1.82, 2.24) is 0 Å². The summed E-state index contributed by atoms with van der Waals surface area (Å²) in [6.45, 7) is 6.51. The molecule has 0 saturated heterocycles. The number of esters is 3. The Morgan fingerprint density at radius 2 is 0.481 bits per heavy atom. The van der Waals surface area contributed by atoms with Crippen LogP contribution < -0.4 is 0 Å². The molecular formula is C75H128O6. The van der Waals surface area contributed by atoms with Crippen molar-refractivity contribution in [1.29, 1.82) is 0 Å². The van der Waals surface area contributed by atoms with Crippen molar-refractivity contribution in [2.45, 2.75) is 335 Å². The molecule has 0 aliphatic rings. The lowest BCUT2D eigenvalue weighted by Gasteiger charge is -2.18. The average molecular weight is 1130 g/mol. The number of unbranched alkanes of at least 4 members (excludes halogenated alkanes) is 33. The number of hydrogen-bond acceptors (Lipinski definition) is 6. The van der Waals surface area contributed by atoms with Gasteiger partial charge in [0, 0.05) is 19.3 Å². The summed E-state index contributed by atoms with van der Waals surface area (Å²) in [6, 6.07) is 0. The second kappa shape index (κ2) is 68.6. The van der Waals surface area contributed by atoms with Crippen LogP contribution in [0.2, 0.25) is 0 Å². The molecule has 6 heteroatoms. The molecule has 0 saturated carbocycles. The molecule has 0 N–H and O–H groups in total. The quantitative estimate of drug-likeness (QED) is 0.0261. The van der Waals surface area contributed by atoms with Gasteiger partial charge in [0.2, 0.25) is 0 Å². The summed E-state index contributed by atoms with van der Waals surface area (Å²) in [6.07, 6.45) is 93.8. The Balaban J connectivity index is 4.40. The molecule has 0 radical (unpaired) electrons. The van der Waals surface area contributed by atoms with E-state index in [0.717, 1.165) is 116 Å². The fourth-order valence-electron chi connectivity index (χ4n) is 9.59. The summed E-state index contributed by atoms with van der Waals surface area (Å²) in [7, 11) is 0. The van der Waals surface area contributed by atoms with Gasteiger partial charge in [-0.25, -0.2) is 0 Å². The van der Waals surface area contributed by atoms with Gasteiger partial charge in [0.05, 0.1) is 0 Å². The molecule has 0 bridgehead atoms. The van der Waals surface area contributed by atoms with E-state index < -0.39 is 6.10 Å². The van der Waals surface area contributed by atoms with Crippen molar-refractivity contribution in [3.8, 4) is 0 Å². The first-order valence-electron chi connectivity index (χ1n) is 34.4. The van der Waals surface area contributed by atoms with Crippen LogP contribution >= 0.6 is 0 Å². The van der Waals surface area contributed by atoms with Crippen LogP contribution in [0.1, 0.15) is 329 Å². The molecule has 0 aliphatic heterocycles. The zero-order valence-corrected chi connectivity index (χ0v) is 53.3. The van der Waals surface area contributed by atoms with Crippen molar-refractivity contribution in [2.75, 3.05) is 13.2 Å². The molecule has 0 spiro atoms. The number of carbonyl (C=O) groups excluding carboxylic acids is 3. The second-order valence-electron chi connectivity index (χ2n) is 22.7. The van der Waals surface area contributed by atoms with Gasteiger partial charge >= 0.3 is 17.9 Å². The van der Waals surface area contributed by atoms with E-state index in [4.69, 9.17) is 14.2 Å². The van der Waals surface area contributed by atoms with Gasteiger partial charge in [-0.3, -0.25) is 14.4 Å². The largest absolute Gasteiger partial charge is 0.462 e. The molecule has 0 rings (SSSR count). The Hall–Kier alpha value is -3.93. The Bertz CT molecular complexity index is 1620. The third-order valence-electron chi connectivity index (χ3n) is 14.7. The molecule has 6 nitrogen and oxygen atoms in total. The summed E-state index contributed by atoms with van der Waals surface area (Å²) in [5, 5.41) is 0. The van der Waals surface area contributed by atoms with Crippen LogP contribution in [0, 0.1) is 0 Å². The van der Waals surface area contributed by atoms with Crippen molar-refractivity contribution in [3.05, 3.63) is 109 Å². The average Bonchev–Trinajstić information content (AvgIpc) is 3.47. The minimum Gasteiger partial charge on any atom is -0.462 e. The van der Waals surface area contributed by atoms with Crippen LogP contribution in [-0.4, -0.2) is 37.2 Å². The van der Waals surface area contributed by atoms with Gasteiger partial charge in [-0.15, -0.1) is 0 Å². The standard InChI is InChI=1S/C75H128O6/c1-4-7-10-13-16-19-22-25-28-31-33-35-37-39-41-44-47-50-53-56-59-62-65-68-74(77)80-71-72(70-79-73(76)67-64-61-58-55-52-49-46-43-30-27-24-21-18-15-12-9-6-3)81-75(78)69-66-63-60-57-54-51-48-45-42-40-38-36-34-32-29-26-23-20-17-14-11-8-5-2/h7,10,16,18-19,21,23,25-28,30,32-35,38,40,72H,4-6,8-9,11-15,17,20,22,24,29,31,36-37,39,41-71H2,1-3H3/b10-7-,19-16-,21-18-,26-23-,28-25-,30-27-,34-32-,35-33-,40-38-. The Morgan fingerprint density at radius 3 is 0.778 bits per heavy atom. The highest BCUT2D eigenvalue weighted by molar-refractivity contribution is 5.71. The fourth-order valence-corrected chi connectivity index (χ4v) is 9.59. The van der Waals surface area contributed by atoms with Gasteiger partial charge in [0.25, 0.3) is 0 Å². The number of ether oxygens (including phenoxy) is 3. The van der Waals surface area contributed by atoms with Crippen LogP contribution in [0.25, 0.3) is 0 Å².